The highest BCUT2D eigenvalue weighted by Gasteiger charge is 2.27. The Morgan fingerprint density at radius 3 is 2.16 bits per heavy atom. The summed E-state index contributed by atoms with van der Waals surface area (Å²) in [6.45, 7) is 0. The Kier molecular flexibility index (Phi) is 5.15. The number of thiophene rings is 1. The van der Waals surface area contributed by atoms with E-state index in [1.165, 1.54) is 11.3 Å². The van der Waals surface area contributed by atoms with E-state index in [0.29, 0.717) is 14.2 Å². The zero-order valence-corrected chi connectivity index (χ0v) is 13.3. The molecule has 0 amide bonds. The summed E-state index contributed by atoms with van der Waals surface area (Å²) in [4.78, 5) is 12.7. The lowest BCUT2D eigenvalue weighted by molar-refractivity contribution is 0.0989. The van der Waals surface area contributed by atoms with E-state index in [9.17, 15) is 4.79 Å². The van der Waals surface area contributed by atoms with Gasteiger partial charge in [-0.2, -0.15) is 0 Å². The van der Waals surface area contributed by atoms with Gasteiger partial charge in [0.05, 0.1) is 14.6 Å². The molecule has 2 atom stereocenters. The number of rotatable bonds is 4. The van der Waals surface area contributed by atoms with Crippen LogP contribution >= 0.6 is 57.7 Å². The summed E-state index contributed by atoms with van der Waals surface area (Å²) in [7, 11) is 0. The molecule has 1 nitrogen and oxygen atoms in total. The van der Waals surface area contributed by atoms with Crippen molar-refractivity contribution in [2.24, 2.45) is 0 Å². The van der Waals surface area contributed by atoms with Gasteiger partial charge in [-0.25, -0.2) is 0 Å². The third-order valence-corrected chi connectivity index (χ3v) is 5.09. The average molecular weight is 354 g/mol. The summed E-state index contributed by atoms with van der Waals surface area (Å²) in [6, 6.07) is 10.2. The van der Waals surface area contributed by atoms with Crippen molar-refractivity contribution in [2.45, 2.75) is 10.8 Å². The van der Waals surface area contributed by atoms with Crippen LogP contribution in [0.2, 0.25) is 9.36 Å². The SMILES string of the molecule is O=C(c1ccc(Cl)s1)[C@@H](Cl)[C@@H](Cl)c1ccc(Cl)cc1. The predicted molar refractivity (Wildman–Crippen MR) is 83.3 cm³/mol. The molecule has 0 saturated heterocycles. The van der Waals surface area contributed by atoms with E-state index in [1.54, 1.807) is 36.4 Å². The van der Waals surface area contributed by atoms with Gasteiger partial charge in [-0.15, -0.1) is 34.5 Å². The van der Waals surface area contributed by atoms with Crippen molar-refractivity contribution in [2.75, 3.05) is 0 Å². The van der Waals surface area contributed by atoms with E-state index < -0.39 is 10.8 Å². The highest BCUT2D eigenvalue weighted by molar-refractivity contribution is 7.18. The molecule has 2 rings (SSSR count). The van der Waals surface area contributed by atoms with Gasteiger partial charge in [-0.1, -0.05) is 35.3 Å². The summed E-state index contributed by atoms with van der Waals surface area (Å²) < 4.78 is 0.546. The van der Waals surface area contributed by atoms with Crippen LogP contribution in [0.5, 0.6) is 0 Å². The molecule has 0 aliphatic heterocycles. The van der Waals surface area contributed by atoms with E-state index in [2.05, 4.69) is 0 Å². The zero-order chi connectivity index (χ0) is 14.0. The van der Waals surface area contributed by atoms with Crippen molar-refractivity contribution in [1.82, 2.24) is 0 Å². The molecule has 100 valence electrons. The van der Waals surface area contributed by atoms with Crippen molar-refractivity contribution in [3.8, 4) is 0 Å². The number of ketones is 1. The summed E-state index contributed by atoms with van der Waals surface area (Å²) in [5.74, 6) is -0.228. The van der Waals surface area contributed by atoms with Crippen LogP contribution in [-0.4, -0.2) is 11.2 Å². The standard InChI is InChI=1S/C13H8Cl4OS/c14-8-3-1-7(2-4-8)11(16)12(17)13(18)9-5-6-10(15)19-9/h1-6,11-12H/t11-,12-/m0/s1. The van der Waals surface area contributed by atoms with Crippen LogP contribution in [0, 0.1) is 0 Å². The molecule has 0 radical (unpaired) electrons. The van der Waals surface area contributed by atoms with Crippen LogP contribution in [-0.2, 0) is 0 Å². The zero-order valence-electron chi connectivity index (χ0n) is 9.45. The molecule has 6 heteroatoms. The minimum atomic E-state index is -0.849. The monoisotopic (exact) mass is 352 g/mol. The maximum atomic E-state index is 12.1. The Hall–Kier alpha value is -0.250. The van der Waals surface area contributed by atoms with Gasteiger partial charge in [0.1, 0.15) is 5.38 Å². The molecule has 0 N–H and O–H groups in total. The van der Waals surface area contributed by atoms with Crippen molar-refractivity contribution in [3.05, 3.63) is 56.2 Å². The van der Waals surface area contributed by atoms with Gasteiger partial charge in [0.2, 0.25) is 0 Å². The number of Topliss-reactive ketones (excluding diaryl/α,β-unsaturated/α-hetero) is 1. The molecule has 0 unspecified atom stereocenters. The van der Waals surface area contributed by atoms with E-state index in [-0.39, 0.29) is 5.78 Å². The van der Waals surface area contributed by atoms with E-state index >= 15 is 0 Å². The van der Waals surface area contributed by atoms with Crippen molar-refractivity contribution >= 4 is 63.5 Å². The average Bonchev–Trinajstić information content (AvgIpc) is 2.84. The molecule has 1 heterocycles. The normalized spacial score (nSPS) is 14.1. The second-order valence-electron chi connectivity index (χ2n) is 3.82. The molecule has 0 spiro atoms. The molecule has 0 aliphatic rings. The second-order valence-corrected chi connectivity index (χ2v) is 6.91. The van der Waals surface area contributed by atoms with Gasteiger partial charge in [0.15, 0.2) is 5.78 Å². The van der Waals surface area contributed by atoms with Crippen LogP contribution in [0.1, 0.15) is 20.6 Å². The smallest absolute Gasteiger partial charge is 0.192 e. The fourth-order valence-electron chi connectivity index (χ4n) is 1.53. The largest absolute Gasteiger partial charge is 0.292 e. The van der Waals surface area contributed by atoms with E-state index in [0.717, 1.165) is 5.56 Å². The Morgan fingerprint density at radius 2 is 1.63 bits per heavy atom. The Bertz CT molecular complexity index is 579. The van der Waals surface area contributed by atoms with Gasteiger partial charge < -0.3 is 0 Å². The predicted octanol–water partition coefficient (Wildman–Crippen LogP) is 5.83. The fraction of sp³-hybridized carbons (Fsp3) is 0.154. The van der Waals surface area contributed by atoms with E-state index in [4.69, 9.17) is 46.4 Å². The number of halogens is 4. The number of carbonyl (C=O) groups is 1. The molecular formula is C13H8Cl4OS. The number of carbonyl (C=O) groups excluding carboxylic acids is 1. The highest BCUT2D eigenvalue weighted by atomic mass is 35.5. The van der Waals surface area contributed by atoms with Crippen LogP contribution < -0.4 is 0 Å². The van der Waals surface area contributed by atoms with Crippen LogP contribution in [0.15, 0.2) is 36.4 Å². The first-order valence-corrected chi connectivity index (χ1v) is 7.76. The Labute approximate surface area is 135 Å². The van der Waals surface area contributed by atoms with E-state index in [1.807, 2.05) is 0 Å². The Balaban J connectivity index is 2.16. The maximum Gasteiger partial charge on any atom is 0.192 e. The van der Waals surface area contributed by atoms with Crippen molar-refractivity contribution in [3.63, 3.8) is 0 Å². The molecule has 0 bridgehead atoms. The number of hydrogen-bond donors (Lipinski definition) is 0. The van der Waals surface area contributed by atoms with Gasteiger partial charge >= 0.3 is 0 Å². The minimum Gasteiger partial charge on any atom is -0.292 e. The van der Waals surface area contributed by atoms with Crippen LogP contribution in [0.25, 0.3) is 0 Å². The van der Waals surface area contributed by atoms with Gasteiger partial charge in [0, 0.05) is 5.02 Å². The number of alkyl halides is 2. The topological polar surface area (TPSA) is 17.1 Å². The van der Waals surface area contributed by atoms with Crippen LogP contribution in [0.3, 0.4) is 0 Å². The lowest BCUT2D eigenvalue weighted by Gasteiger charge is -2.14. The van der Waals surface area contributed by atoms with Crippen molar-refractivity contribution in [1.29, 1.82) is 0 Å². The molecule has 0 saturated carbocycles. The number of hydrogen-bond acceptors (Lipinski definition) is 2. The summed E-state index contributed by atoms with van der Waals surface area (Å²) in [6.07, 6.45) is 0. The third-order valence-electron chi connectivity index (χ3n) is 2.51. The van der Waals surface area contributed by atoms with Crippen LogP contribution in [0.4, 0.5) is 0 Å². The summed E-state index contributed by atoms with van der Waals surface area (Å²) in [5.41, 5.74) is 0.752. The van der Waals surface area contributed by atoms with Gasteiger partial charge in [-0.3, -0.25) is 4.79 Å². The molecular weight excluding hydrogens is 346 g/mol. The summed E-state index contributed by atoms with van der Waals surface area (Å²) >= 11 is 25.2. The third kappa shape index (κ3) is 3.65. The molecule has 2 aromatic rings. The second kappa shape index (κ2) is 6.47. The quantitative estimate of drug-likeness (QED) is 0.499. The fourth-order valence-corrected chi connectivity index (χ4v) is 3.27. The maximum absolute atomic E-state index is 12.1. The number of benzene rings is 1. The molecule has 0 aliphatic carbocycles. The first-order chi connectivity index (χ1) is 8.99. The first-order valence-electron chi connectivity index (χ1n) is 5.32. The van der Waals surface area contributed by atoms with Gasteiger partial charge in [-0.05, 0) is 29.8 Å². The minimum absolute atomic E-state index is 0.228. The van der Waals surface area contributed by atoms with Gasteiger partial charge in [0.25, 0.3) is 0 Å². The molecule has 0 fully saturated rings. The highest BCUT2D eigenvalue weighted by Crippen LogP contribution is 2.33. The Morgan fingerprint density at radius 1 is 1.00 bits per heavy atom. The lowest BCUT2D eigenvalue weighted by atomic mass is 10.1. The summed E-state index contributed by atoms with van der Waals surface area (Å²) in [5, 5.41) is -0.861. The first kappa shape index (κ1) is 15.1. The van der Waals surface area contributed by atoms with Crippen molar-refractivity contribution < 1.29 is 4.79 Å². The molecule has 1 aromatic carbocycles. The molecule has 19 heavy (non-hydrogen) atoms. The molecule has 1 aromatic heterocycles. The lowest BCUT2D eigenvalue weighted by Crippen LogP contribution is -2.19.